The summed E-state index contributed by atoms with van der Waals surface area (Å²) in [6.45, 7) is 5.80. The molecule has 1 aliphatic carbocycles. The maximum atomic E-state index is 14.8. The van der Waals surface area contributed by atoms with Gasteiger partial charge in [-0.05, 0) is 63.4 Å². The number of imidazole rings is 1. The zero-order valence-corrected chi connectivity index (χ0v) is 18.7. The topological polar surface area (TPSA) is 90.5 Å². The highest BCUT2D eigenvalue weighted by Crippen LogP contribution is 2.39. The van der Waals surface area contributed by atoms with Gasteiger partial charge in [-0.25, -0.2) is 19.0 Å². The number of amides is 1. The first-order valence-corrected chi connectivity index (χ1v) is 10.9. The van der Waals surface area contributed by atoms with Gasteiger partial charge in [0.15, 0.2) is 0 Å². The zero-order chi connectivity index (χ0) is 23.1. The molecule has 0 radical (unpaired) electrons. The minimum Gasteiger partial charge on any atom is -0.306 e. The van der Waals surface area contributed by atoms with Crippen molar-refractivity contribution in [3.63, 3.8) is 0 Å². The van der Waals surface area contributed by atoms with Gasteiger partial charge in [-0.2, -0.15) is 0 Å². The van der Waals surface area contributed by atoms with Crippen LogP contribution in [-0.4, -0.2) is 35.4 Å². The number of anilines is 1. The van der Waals surface area contributed by atoms with Crippen LogP contribution in [0.4, 0.5) is 10.2 Å². The molecule has 5 rings (SSSR count). The number of aryl methyl sites for hydroxylation is 1. The average molecular weight is 446 g/mol. The number of aromatic nitrogens is 6. The molecule has 0 saturated heterocycles. The van der Waals surface area contributed by atoms with Gasteiger partial charge >= 0.3 is 0 Å². The van der Waals surface area contributed by atoms with E-state index in [-0.39, 0.29) is 11.6 Å². The van der Waals surface area contributed by atoms with E-state index in [0.29, 0.717) is 17.4 Å². The van der Waals surface area contributed by atoms with Gasteiger partial charge in [0.25, 0.3) is 5.91 Å². The maximum Gasteiger partial charge on any atom is 0.259 e. The van der Waals surface area contributed by atoms with Crippen LogP contribution in [-0.2, 0) is 0 Å². The summed E-state index contributed by atoms with van der Waals surface area (Å²) in [6, 6.07) is 8.28. The van der Waals surface area contributed by atoms with Crippen LogP contribution >= 0.6 is 0 Å². The Balaban J connectivity index is 1.42. The lowest BCUT2D eigenvalue weighted by Gasteiger charge is -2.12. The smallest absolute Gasteiger partial charge is 0.259 e. The molecule has 0 unspecified atom stereocenters. The molecule has 8 nitrogen and oxygen atoms in total. The Bertz CT molecular complexity index is 1340. The Morgan fingerprint density at radius 2 is 2.06 bits per heavy atom. The fourth-order valence-corrected chi connectivity index (χ4v) is 3.81. The number of carbonyl (C=O) groups is 1. The number of carbonyl (C=O) groups excluding carboxylic acids is 1. The summed E-state index contributed by atoms with van der Waals surface area (Å²) in [6.07, 6.45) is 7.59. The summed E-state index contributed by atoms with van der Waals surface area (Å²) in [5, 5.41) is 10.8. The summed E-state index contributed by atoms with van der Waals surface area (Å²) in [5.41, 5.74) is 3.76. The van der Waals surface area contributed by atoms with Crippen molar-refractivity contribution in [1.82, 2.24) is 29.5 Å². The van der Waals surface area contributed by atoms with E-state index < -0.39 is 11.7 Å². The quantitative estimate of drug-likeness (QED) is 0.465. The second kappa shape index (κ2) is 8.23. The van der Waals surface area contributed by atoms with Gasteiger partial charge in [0.05, 0.1) is 35.2 Å². The van der Waals surface area contributed by atoms with Crippen LogP contribution in [0.15, 0.2) is 49.1 Å². The van der Waals surface area contributed by atoms with Crippen molar-refractivity contribution in [2.45, 2.75) is 45.6 Å². The molecule has 4 aromatic rings. The molecule has 1 N–H and O–H groups in total. The van der Waals surface area contributed by atoms with Crippen molar-refractivity contribution in [2.75, 3.05) is 5.32 Å². The fraction of sp³-hybridized carbons (Fsp3) is 0.292. The van der Waals surface area contributed by atoms with E-state index in [2.05, 4.69) is 25.6 Å². The highest BCUT2D eigenvalue weighted by molar-refractivity contribution is 6.04. The van der Waals surface area contributed by atoms with Crippen LogP contribution in [0.5, 0.6) is 0 Å². The monoisotopic (exact) mass is 445 g/mol. The van der Waals surface area contributed by atoms with Gasteiger partial charge in [-0.3, -0.25) is 4.79 Å². The molecule has 3 aromatic heterocycles. The lowest BCUT2D eigenvalue weighted by atomic mass is 10.1. The van der Waals surface area contributed by atoms with Crippen molar-refractivity contribution < 1.29 is 9.18 Å². The van der Waals surface area contributed by atoms with E-state index in [1.807, 2.05) is 37.6 Å². The molecule has 1 aliphatic rings. The lowest BCUT2D eigenvalue weighted by Crippen LogP contribution is -2.16. The van der Waals surface area contributed by atoms with Crippen LogP contribution in [0.2, 0.25) is 0 Å². The van der Waals surface area contributed by atoms with Gasteiger partial charge in [0, 0.05) is 18.2 Å². The van der Waals surface area contributed by atoms with Gasteiger partial charge in [0.1, 0.15) is 17.3 Å². The van der Waals surface area contributed by atoms with Crippen molar-refractivity contribution in [2.24, 2.45) is 0 Å². The van der Waals surface area contributed by atoms with Gasteiger partial charge in [0.2, 0.25) is 0 Å². The third kappa shape index (κ3) is 4.13. The standard InChI is InChI=1S/C24H24FN7O/c1-14(2)32-22(11-27-30-32)19-5-4-6-23(28-19)29-24(33)17-10-21(15(3)9-18(17)25)31-12-20(26-13-31)16-7-8-16/h4-6,9-14,16H,7-8H2,1-3H3,(H,28,29,33). The largest absolute Gasteiger partial charge is 0.306 e. The molecular formula is C24H24FN7O. The van der Waals surface area contributed by atoms with Crippen molar-refractivity contribution >= 4 is 11.7 Å². The summed E-state index contributed by atoms with van der Waals surface area (Å²) in [5.74, 6) is -0.338. The normalized spacial score (nSPS) is 13.5. The molecule has 168 valence electrons. The Hall–Kier alpha value is -3.88. The summed E-state index contributed by atoms with van der Waals surface area (Å²) >= 11 is 0. The van der Waals surface area contributed by atoms with Crippen molar-refractivity contribution in [1.29, 1.82) is 0 Å². The number of nitrogens with zero attached hydrogens (tertiary/aromatic N) is 6. The highest BCUT2D eigenvalue weighted by atomic mass is 19.1. The Kier molecular flexibility index (Phi) is 5.24. The minimum absolute atomic E-state index is 0.0571. The van der Waals surface area contributed by atoms with E-state index in [9.17, 15) is 9.18 Å². The first kappa shape index (κ1) is 21.0. The predicted octanol–water partition coefficient (Wildman–Crippen LogP) is 4.68. The van der Waals surface area contributed by atoms with Crippen LogP contribution in [0.25, 0.3) is 17.1 Å². The van der Waals surface area contributed by atoms with Crippen LogP contribution in [0.3, 0.4) is 0 Å². The van der Waals surface area contributed by atoms with Gasteiger partial charge in [-0.1, -0.05) is 11.3 Å². The maximum absolute atomic E-state index is 14.8. The van der Waals surface area contributed by atoms with Crippen LogP contribution in [0, 0.1) is 12.7 Å². The summed E-state index contributed by atoms with van der Waals surface area (Å²) < 4.78 is 18.4. The molecule has 1 aromatic carbocycles. The van der Waals surface area contributed by atoms with Crippen molar-refractivity contribution in [3.8, 4) is 17.1 Å². The third-order valence-electron chi connectivity index (χ3n) is 5.72. The predicted molar refractivity (Wildman–Crippen MR) is 122 cm³/mol. The van der Waals surface area contributed by atoms with E-state index in [1.165, 1.54) is 6.07 Å². The summed E-state index contributed by atoms with van der Waals surface area (Å²) in [7, 11) is 0. The van der Waals surface area contributed by atoms with E-state index >= 15 is 0 Å². The van der Waals surface area contributed by atoms with Crippen LogP contribution < -0.4 is 5.32 Å². The molecule has 9 heteroatoms. The first-order chi connectivity index (χ1) is 15.9. The molecule has 0 aliphatic heterocycles. The Morgan fingerprint density at radius 3 is 2.82 bits per heavy atom. The van der Waals surface area contributed by atoms with Crippen LogP contribution in [0.1, 0.15) is 60.3 Å². The molecule has 0 atom stereocenters. The van der Waals surface area contributed by atoms with Gasteiger partial charge in [-0.15, -0.1) is 5.10 Å². The summed E-state index contributed by atoms with van der Waals surface area (Å²) in [4.78, 5) is 22.0. The molecule has 1 saturated carbocycles. The van der Waals surface area contributed by atoms with E-state index in [1.54, 1.807) is 35.4 Å². The number of hydrogen-bond acceptors (Lipinski definition) is 5. The number of benzene rings is 1. The first-order valence-electron chi connectivity index (χ1n) is 10.9. The number of hydrogen-bond donors (Lipinski definition) is 1. The van der Waals surface area contributed by atoms with Crippen molar-refractivity contribution in [3.05, 3.63) is 71.7 Å². The highest BCUT2D eigenvalue weighted by Gasteiger charge is 2.26. The fourth-order valence-electron chi connectivity index (χ4n) is 3.81. The molecule has 0 spiro atoms. The van der Waals surface area contributed by atoms with E-state index in [4.69, 9.17) is 0 Å². The molecule has 3 heterocycles. The molecular weight excluding hydrogens is 421 g/mol. The second-order valence-electron chi connectivity index (χ2n) is 8.62. The van der Waals surface area contributed by atoms with E-state index in [0.717, 1.165) is 35.5 Å². The molecule has 1 amide bonds. The second-order valence-corrected chi connectivity index (χ2v) is 8.62. The Morgan fingerprint density at radius 1 is 1.24 bits per heavy atom. The third-order valence-corrected chi connectivity index (χ3v) is 5.72. The lowest BCUT2D eigenvalue weighted by molar-refractivity contribution is 0.102. The zero-order valence-electron chi connectivity index (χ0n) is 18.7. The average Bonchev–Trinajstić information content (AvgIpc) is 3.31. The van der Waals surface area contributed by atoms with Gasteiger partial charge < -0.3 is 9.88 Å². The Labute approximate surface area is 190 Å². The number of rotatable bonds is 6. The molecule has 1 fully saturated rings. The molecule has 0 bridgehead atoms. The molecule has 33 heavy (non-hydrogen) atoms. The number of pyridine rings is 1. The number of nitrogens with one attached hydrogen (secondary N) is 1. The minimum atomic E-state index is -0.588. The number of halogens is 1. The SMILES string of the molecule is Cc1cc(F)c(C(=O)Nc2cccc(-c3cnnn3C(C)C)n2)cc1-n1cnc(C2CC2)c1.